The van der Waals surface area contributed by atoms with Crippen LogP contribution in [0.3, 0.4) is 0 Å². The zero-order valence-electron chi connectivity index (χ0n) is 15.9. The van der Waals surface area contributed by atoms with Crippen LogP contribution < -0.4 is 15.4 Å². The van der Waals surface area contributed by atoms with Crippen molar-refractivity contribution in [3.63, 3.8) is 0 Å². The molecule has 0 fully saturated rings. The molecular weight excluding hydrogens is 340 g/mol. The predicted molar refractivity (Wildman–Crippen MR) is 107 cm³/mol. The van der Waals surface area contributed by atoms with Crippen molar-refractivity contribution in [2.75, 3.05) is 19.7 Å². The molecule has 0 aliphatic carbocycles. The molecule has 0 unspecified atom stereocenters. The van der Waals surface area contributed by atoms with Crippen molar-refractivity contribution in [3.05, 3.63) is 60.0 Å². The Balaban J connectivity index is 1.61. The number of para-hydroxylation sites is 1. The first-order valence-electron chi connectivity index (χ1n) is 9.33. The number of guanidine groups is 1. The number of nitrogens with one attached hydrogen (secondary N) is 2. The third-order valence-electron chi connectivity index (χ3n) is 4.07. The van der Waals surface area contributed by atoms with Crippen LogP contribution in [0.25, 0.3) is 5.65 Å². The largest absolute Gasteiger partial charge is 0.494 e. The maximum absolute atomic E-state index is 5.69. The number of aromatic nitrogens is 3. The van der Waals surface area contributed by atoms with Crippen molar-refractivity contribution in [2.45, 2.75) is 26.8 Å². The van der Waals surface area contributed by atoms with E-state index in [0.29, 0.717) is 13.2 Å². The molecule has 1 aromatic carbocycles. The van der Waals surface area contributed by atoms with Gasteiger partial charge in [0.15, 0.2) is 17.4 Å². The summed E-state index contributed by atoms with van der Waals surface area (Å²) >= 11 is 0. The lowest BCUT2D eigenvalue weighted by molar-refractivity contribution is 0.336. The molecule has 142 valence electrons. The summed E-state index contributed by atoms with van der Waals surface area (Å²) in [5.41, 5.74) is 2.01. The fourth-order valence-corrected chi connectivity index (χ4v) is 2.81. The topological polar surface area (TPSA) is 75.8 Å². The molecule has 0 bridgehead atoms. The van der Waals surface area contributed by atoms with Crippen LogP contribution in [0, 0.1) is 0 Å². The van der Waals surface area contributed by atoms with E-state index in [2.05, 4.69) is 31.9 Å². The summed E-state index contributed by atoms with van der Waals surface area (Å²) in [5, 5.41) is 15.0. The molecule has 0 saturated heterocycles. The van der Waals surface area contributed by atoms with Crippen molar-refractivity contribution in [3.8, 4) is 5.75 Å². The minimum absolute atomic E-state index is 0.454. The van der Waals surface area contributed by atoms with Crippen LogP contribution in [0.2, 0.25) is 0 Å². The maximum atomic E-state index is 5.69. The molecule has 0 aliphatic heterocycles. The second kappa shape index (κ2) is 9.56. The van der Waals surface area contributed by atoms with Crippen LogP contribution in [-0.2, 0) is 13.0 Å². The summed E-state index contributed by atoms with van der Waals surface area (Å²) in [6, 6.07) is 14.0. The van der Waals surface area contributed by atoms with E-state index >= 15 is 0 Å². The van der Waals surface area contributed by atoms with Gasteiger partial charge in [-0.15, -0.1) is 10.2 Å². The minimum atomic E-state index is 0.454. The molecule has 0 spiro atoms. The molecule has 2 aromatic heterocycles. The number of rotatable bonds is 8. The quantitative estimate of drug-likeness (QED) is 0.473. The van der Waals surface area contributed by atoms with Crippen molar-refractivity contribution < 1.29 is 4.74 Å². The fraction of sp³-hybridized carbons (Fsp3) is 0.350. The standard InChI is InChI=1S/C20H26N6O/c1-3-21-20(22-13-12-16-9-5-6-10-17(16)27-4-2)23-15-19-25-24-18-11-7-8-14-26(18)19/h5-11,14H,3-4,12-13,15H2,1-2H3,(H2,21,22,23). The Kier molecular flexibility index (Phi) is 6.62. The summed E-state index contributed by atoms with van der Waals surface area (Å²) in [4.78, 5) is 4.64. The number of nitrogens with zero attached hydrogens (tertiary/aromatic N) is 4. The molecule has 0 amide bonds. The third kappa shape index (κ3) is 4.97. The highest BCUT2D eigenvalue weighted by Crippen LogP contribution is 2.17. The summed E-state index contributed by atoms with van der Waals surface area (Å²) in [5.74, 6) is 2.52. The molecule has 3 rings (SSSR count). The lowest BCUT2D eigenvalue weighted by Gasteiger charge is -2.13. The number of hydrogen-bond acceptors (Lipinski definition) is 4. The SMILES string of the molecule is CCNC(=NCc1nnc2ccccn12)NCCc1ccccc1OCC. The molecule has 0 aliphatic rings. The Bertz CT molecular complexity index is 889. The lowest BCUT2D eigenvalue weighted by atomic mass is 10.1. The monoisotopic (exact) mass is 366 g/mol. The Labute approximate surface area is 159 Å². The van der Waals surface area contributed by atoms with Gasteiger partial charge in [-0.1, -0.05) is 24.3 Å². The van der Waals surface area contributed by atoms with Gasteiger partial charge in [-0.05, 0) is 44.0 Å². The molecule has 7 heteroatoms. The Hall–Kier alpha value is -3.09. The second-order valence-electron chi connectivity index (χ2n) is 5.96. The number of benzene rings is 1. The zero-order chi connectivity index (χ0) is 18.9. The average Bonchev–Trinajstić information content (AvgIpc) is 3.11. The van der Waals surface area contributed by atoms with Crippen LogP contribution in [-0.4, -0.2) is 40.3 Å². The number of ether oxygens (including phenoxy) is 1. The molecule has 27 heavy (non-hydrogen) atoms. The molecule has 7 nitrogen and oxygen atoms in total. The van der Waals surface area contributed by atoms with Crippen LogP contribution in [0.4, 0.5) is 0 Å². The normalized spacial score (nSPS) is 11.6. The molecule has 3 aromatic rings. The van der Waals surface area contributed by atoms with Gasteiger partial charge in [0.05, 0.1) is 6.61 Å². The van der Waals surface area contributed by atoms with E-state index in [1.165, 1.54) is 5.56 Å². The predicted octanol–water partition coefficient (Wildman–Crippen LogP) is 2.43. The summed E-state index contributed by atoms with van der Waals surface area (Å²) in [7, 11) is 0. The van der Waals surface area contributed by atoms with Gasteiger partial charge in [-0.2, -0.15) is 0 Å². The third-order valence-corrected chi connectivity index (χ3v) is 4.07. The van der Waals surface area contributed by atoms with Gasteiger partial charge >= 0.3 is 0 Å². The van der Waals surface area contributed by atoms with E-state index in [1.54, 1.807) is 0 Å². The van der Waals surface area contributed by atoms with Crippen LogP contribution >= 0.6 is 0 Å². The van der Waals surface area contributed by atoms with Crippen LogP contribution in [0.15, 0.2) is 53.7 Å². The fourth-order valence-electron chi connectivity index (χ4n) is 2.81. The van der Waals surface area contributed by atoms with E-state index in [9.17, 15) is 0 Å². The number of fused-ring (bicyclic) bond motifs is 1. The average molecular weight is 366 g/mol. The lowest BCUT2D eigenvalue weighted by Crippen LogP contribution is -2.38. The molecular formula is C20H26N6O. The Morgan fingerprint density at radius 2 is 1.93 bits per heavy atom. The summed E-state index contributed by atoms with van der Waals surface area (Å²) < 4.78 is 7.64. The molecule has 0 atom stereocenters. The number of hydrogen-bond donors (Lipinski definition) is 2. The van der Waals surface area contributed by atoms with Crippen molar-refractivity contribution in [2.24, 2.45) is 4.99 Å². The first-order chi connectivity index (χ1) is 13.3. The molecule has 2 heterocycles. The van der Waals surface area contributed by atoms with E-state index in [4.69, 9.17) is 4.74 Å². The first-order valence-corrected chi connectivity index (χ1v) is 9.33. The number of pyridine rings is 1. The van der Waals surface area contributed by atoms with Crippen molar-refractivity contribution in [1.29, 1.82) is 0 Å². The first kappa shape index (κ1) is 18.7. The van der Waals surface area contributed by atoms with E-state index in [0.717, 1.165) is 42.7 Å². The van der Waals surface area contributed by atoms with E-state index < -0.39 is 0 Å². The minimum Gasteiger partial charge on any atom is -0.494 e. The molecule has 2 N–H and O–H groups in total. The van der Waals surface area contributed by atoms with Gasteiger partial charge in [0.1, 0.15) is 12.3 Å². The van der Waals surface area contributed by atoms with Crippen LogP contribution in [0.5, 0.6) is 5.75 Å². The van der Waals surface area contributed by atoms with Crippen molar-refractivity contribution >= 4 is 11.6 Å². The smallest absolute Gasteiger partial charge is 0.191 e. The highest BCUT2D eigenvalue weighted by molar-refractivity contribution is 5.79. The second-order valence-corrected chi connectivity index (χ2v) is 5.96. The summed E-state index contributed by atoms with van der Waals surface area (Å²) in [6.07, 6.45) is 2.81. The van der Waals surface area contributed by atoms with Gasteiger partial charge in [0.2, 0.25) is 0 Å². The van der Waals surface area contributed by atoms with Gasteiger partial charge < -0.3 is 15.4 Å². The summed E-state index contributed by atoms with van der Waals surface area (Å²) in [6.45, 7) is 6.72. The Morgan fingerprint density at radius 1 is 1.07 bits per heavy atom. The highest BCUT2D eigenvalue weighted by atomic mass is 16.5. The highest BCUT2D eigenvalue weighted by Gasteiger charge is 2.06. The maximum Gasteiger partial charge on any atom is 0.191 e. The molecule has 0 radical (unpaired) electrons. The zero-order valence-corrected chi connectivity index (χ0v) is 15.9. The molecule has 0 saturated carbocycles. The van der Waals surface area contributed by atoms with Crippen molar-refractivity contribution in [1.82, 2.24) is 25.2 Å². The van der Waals surface area contributed by atoms with E-state index in [-0.39, 0.29) is 0 Å². The van der Waals surface area contributed by atoms with Gasteiger partial charge in [0.25, 0.3) is 0 Å². The Morgan fingerprint density at radius 3 is 2.78 bits per heavy atom. The van der Waals surface area contributed by atoms with Crippen LogP contribution in [0.1, 0.15) is 25.2 Å². The van der Waals surface area contributed by atoms with E-state index in [1.807, 2.05) is 60.8 Å². The van der Waals surface area contributed by atoms with Gasteiger partial charge in [-0.25, -0.2) is 4.99 Å². The van der Waals surface area contributed by atoms with Gasteiger partial charge in [0, 0.05) is 19.3 Å². The number of aliphatic imine (C=N–C) groups is 1. The van der Waals surface area contributed by atoms with Gasteiger partial charge in [-0.3, -0.25) is 4.40 Å².